The first kappa shape index (κ1) is 13.0. The van der Waals surface area contributed by atoms with E-state index >= 15 is 0 Å². The number of halogens is 1. The standard InChI is InChI=1S/C11H12N2OS2.BrH/c14-11-9(7-1-3-12-5-7)10(16-13-11)8-2-4-15-6-8;/h2,4,6-7,12H,1,3,5H2,(H,13,14);1H. The Labute approximate surface area is 118 Å². The van der Waals surface area contributed by atoms with Crippen molar-refractivity contribution >= 4 is 39.9 Å². The number of hydrogen-bond donors (Lipinski definition) is 2. The number of rotatable bonds is 2. The highest BCUT2D eigenvalue weighted by atomic mass is 79.9. The van der Waals surface area contributed by atoms with E-state index in [2.05, 4.69) is 26.5 Å². The molecule has 2 N–H and O–H groups in total. The third kappa shape index (κ3) is 2.40. The topological polar surface area (TPSA) is 45.2 Å². The van der Waals surface area contributed by atoms with Gasteiger partial charge in [0.15, 0.2) is 0 Å². The van der Waals surface area contributed by atoms with E-state index in [1.54, 1.807) is 11.3 Å². The van der Waals surface area contributed by atoms with Crippen LogP contribution in [0.25, 0.3) is 10.4 Å². The van der Waals surface area contributed by atoms with Gasteiger partial charge in [0.25, 0.3) is 0 Å². The Balaban J connectivity index is 0.00000108. The monoisotopic (exact) mass is 332 g/mol. The molecule has 0 radical (unpaired) electrons. The molecule has 0 saturated carbocycles. The molecule has 0 amide bonds. The van der Waals surface area contributed by atoms with E-state index in [9.17, 15) is 5.11 Å². The molecule has 2 aromatic heterocycles. The van der Waals surface area contributed by atoms with Crippen molar-refractivity contribution in [2.45, 2.75) is 12.3 Å². The molecule has 1 aliphatic rings. The third-order valence-electron chi connectivity index (χ3n) is 2.96. The Morgan fingerprint density at radius 1 is 1.47 bits per heavy atom. The van der Waals surface area contributed by atoms with Gasteiger partial charge < -0.3 is 10.4 Å². The lowest BCUT2D eigenvalue weighted by Crippen LogP contribution is -2.08. The smallest absolute Gasteiger partial charge is 0.226 e. The molecule has 3 heterocycles. The summed E-state index contributed by atoms with van der Waals surface area (Å²) in [6.45, 7) is 1.98. The van der Waals surface area contributed by atoms with Crippen molar-refractivity contribution in [3.05, 3.63) is 22.4 Å². The molecule has 1 fully saturated rings. The zero-order valence-corrected chi connectivity index (χ0v) is 12.4. The summed E-state index contributed by atoms with van der Waals surface area (Å²) in [5.74, 6) is 0.633. The van der Waals surface area contributed by atoms with Crippen LogP contribution in [0.1, 0.15) is 17.9 Å². The van der Waals surface area contributed by atoms with E-state index in [4.69, 9.17) is 0 Å². The summed E-state index contributed by atoms with van der Waals surface area (Å²) in [4.78, 5) is 1.13. The molecule has 0 aromatic carbocycles. The Bertz CT molecular complexity index is 478. The molecular weight excluding hydrogens is 320 g/mol. The molecule has 0 spiro atoms. The minimum absolute atomic E-state index is 0. The van der Waals surface area contributed by atoms with Gasteiger partial charge in [-0.15, -0.1) is 17.0 Å². The van der Waals surface area contributed by atoms with Crippen molar-refractivity contribution in [2.75, 3.05) is 13.1 Å². The lowest BCUT2D eigenvalue weighted by molar-refractivity contribution is 0.448. The largest absolute Gasteiger partial charge is 0.492 e. The summed E-state index contributed by atoms with van der Waals surface area (Å²) >= 11 is 3.08. The average Bonchev–Trinajstić information content (AvgIpc) is 2.96. The number of aromatic hydroxyl groups is 1. The molecule has 92 valence electrons. The second kappa shape index (κ2) is 5.48. The Kier molecular flexibility index (Phi) is 4.19. The van der Waals surface area contributed by atoms with Crippen LogP contribution < -0.4 is 5.32 Å². The van der Waals surface area contributed by atoms with Crippen LogP contribution in [-0.4, -0.2) is 22.6 Å². The maximum Gasteiger partial charge on any atom is 0.226 e. The van der Waals surface area contributed by atoms with Crippen LogP contribution in [0.2, 0.25) is 0 Å². The Hall–Kier alpha value is -0.430. The predicted molar refractivity (Wildman–Crippen MR) is 77.6 cm³/mol. The van der Waals surface area contributed by atoms with Crippen molar-refractivity contribution in [3.63, 3.8) is 0 Å². The fourth-order valence-electron chi connectivity index (χ4n) is 2.16. The molecule has 1 aliphatic heterocycles. The lowest BCUT2D eigenvalue weighted by atomic mass is 9.97. The van der Waals surface area contributed by atoms with E-state index in [0.717, 1.165) is 30.0 Å². The number of thiophene rings is 1. The molecule has 1 saturated heterocycles. The molecule has 0 bridgehead atoms. The lowest BCUT2D eigenvalue weighted by Gasteiger charge is -2.08. The summed E-state index contributed by atoms with van der Waals surface area (Å²) in [6.07, 6.45) is 1.09. The van der Waals surface area contributed by atoms with Crippen LogP contribution in [0.5, 0.6) is 5.88 Å². The van der Waals surface area contributed by atoms with Gasteiger partial charge in [-0.1, -0.05) is 0 Å². The molecule has 6 heteroatoms. The van der Waals surface area contributed by atoms with E-state index < -0.39 is 0 Å². The van der Waals surface area contributed by atoms with E-state index in [-0.39, 0.29) is 22.9 Å². The quantitative estimate of drug-likeness (QED) is 0.887. The first-order chi connectivity index (χ1) is 7.86. The number of aromatic nitrogens is 1. The van der Waals surface area contributed by atoms with Crippen LogP contribution in [0, 0.1) is 0 Å². The predicted octanol–water partition coefficient (Wildman–Crippen LogP) is 3.23. The third-order valence-corrected chi connectivity index (χ3v) is 4.55. The van der Waals surface area contributed by atoms with Gasteiger partial charge in [0.2, 0.25) is 5.88 Å². The summed E-state index contributed by atoms with van der Waals surface area (Å²) in [5.41, 5.74) is 2.22. The summed E-state index contributed by atoms with van der Waals surface area (Å²) in [6, 6.07) is 2.09. The normalized spacial score (nSPS) is 19.2. The van der Waals surface area contributed by atoms with E-state index in [1.807, 2.05) is 0 Å². The van der Waals surface area contributed by atoms with Gasteiger partial charge in [-0.2, -0.15) is 15.7 Å². The summed E-state index contributed by atoms with van der Waals surface area (Å²) in [5, 5.41) is 17.4. The molecular formula is C11H13BrN2OS2. The van der Waals surface area contributed by atoms with Crippen LogP contribution in [-0.2, 0) is 0 Å². The maximum atomic E-state index is 9.87. The second-order valence-corrected chi connectivity index (χ2v) is 5.50. The zero-order chi connectivity index (χ0) is 11.0. The first-order valence-electron chi connectivity index (χ1n) is 5.28. The molecule has 2 aromatic rings. The SMILES string of the molecule is Br.Oc1nsc(-c2ccsc2)c1C1CCNC1. The molecule has 0 aliphatic carbocycles. The maximum absolute atomic E-state index is 9.87. The van der Waals surface area contributed by atoms with Crippen molar-refractivity contribution in [2.24, 2.45) is 0 Å². The zero-order valence-electron chi connectivity index (χ0n) is 9.05. The first-order valence-corrected chi connectivity index (χ1v) is 6.99. The van der Waals surface area contributed by atoms with Crippen molar-refractivity contribution in [1.82, 2.24) is 9.69 Å². The number of hydrogen-bond acceptors (Lipinski definition) is 5. The number of nitrogens with zero attached hydrogens (tertiary/aromatic N) is 1. The van der Waals surface area contributed by atoms with E-state index in [0.29, 0.717) is 5.92 Å². The van der Waals surface area contributed by atoms with Gasteiger partial charge in [-0.05, 0) is 41.3 Å². The van der Waals surface area contributed by atoms with Crippen LogP contribution in [0.15, 0.2) is 16.8 Å². The highest BCUT2D eigenvalue weighted by molar-refractivity contribution is 8.93. The number of nitrogens with one attached hydrogen (secondary N) is 1. The molecule has 17 heavy (non-hydrogen) atoms. The molecule has 1 atom stereocenters. The fraction of sp³-hybridized carbons (Fsp3) is 0.364. The summed E-state index contributed by atoms with van der Waals surface area (Å²) in [7, 11) is 0. The van der Waals surface area contributed by atoms with Gasteiger partial charge in [0, 0.05) is 23.6 Å². The van der Waals surface area contributed by atoms with E-state index in [1.165, 1.54) is 17.1 Å². The van der Waals surface area contributed by atoms with Gasteiger partial charge >= 0.3 is 0 Å². The van der Waals surface area contributed by atoms with Gasteiger partial charge in [0.1, 0.15) is 0 Å². The summed E-state index contributed by atoms with van der Waals surface area (Å²) < 4.78 is 4.09. The molecule has 3 nitrogen and oxygen atoms in total. The minimum atomic E-state index is 0. The second-order valence-electron chi connectivity index (χ2n) is 3.95. The van der Waals surface area contributed by atoms with Crippen LogP contribution >= 0.6 is 39.9 Å². The average molecular weight is 333 g/mol. The van der Waals surface area contributed by atoms with Gasteiger partial charge in [0.05, 0.1) is 4.88 Å². The van der Waals surface area contributed by atoms with Gasteiger partial charge in [-0.25, -0.2) is 0 Å². The highest BCUT2D eigenvalue weighted by Crippen LogP contribution is 2.41. The minimum Gasteiger partial charge on any atom is -0.492 e. The highest BCUT2D eigenvalue weighted by Gasteiger charge is 2.26. The molecule has 1 unspecified atom stereocenters. The fourth-order valence-corrected chi connectivity index (χ4v) is 3.75. The van der Waals surface area contributed by atoms with Crippen molar-refractivity contribution in [3.8, 4) is 16.3 Å². The van der Waals surface area contributed by atoms with Crippen molar-refractivity contribution < 1.29 is 5.11 Å². The Morgan fingerprint density at radius 2 is 2.35 bits per heavy atom. The van der Waals surface area contributed by atoms with Crippen molar-refractivity contribution in [1.29, 1.82) is 0 Å². The van der Waals surface area contributed by atoms with Gasteiger partial charge in [-0.3, -0.25) is 0 Å². The van der Waals surface area contributed by atoms with Crippen LogP contribution in [0.3, 0.4) is 0 Å². The Morgan fingerprint density at radius 3 is 3.00 bits per heavy atom. The molecule has 3 rings (SSSR count). The van der Waals surface area contributed by atoms with Crippen LogP contribution in [0.4, 0.5) is 0 Å².